The zero-order valence-corrected chi connectivity index (χ0v) is 12.2. The van der Waals surface area contributed by atoms with Crippen LogP contribution in [0.1, 0.15) is 16.1 Å². The van der Waals surface area contributed by atoms with Gasteiger partial charge in [-0.1, -0.05) is 23.2 Å². The highest BCUT2D eigenvalue weighted by Gasteiger charge is 2.14. The van der Waals surface area contributed by atoms with Crippen LogP contribution in [0.15, 0.2) is 18.3 Å². The number of nitrogens with zero attached hydrogens (tertiary/aromatic N) is 3. The molecule has 0 aliphatic heterocycles. The second kappa shape index (κ2) is 6.02. The third-order valence-corrected chi connectivity index (χ3v) is 2.85. The zero-order chi connectivity index (χ0) is 14.7. The van der Waals surface area contributed by atoms with Gasteiger partial charge in [0.15, 0.2) is 0 Å². The van der Waals surface area contributed by atoms with Crippen molar-refractivity contribution in [3.8, 4) is 5.88 Å². The fourth-order valence-electron chi connectivity index (χ4n) is 1.42. The van der Waals surface area contributed by atoms with Crippen LogP contribution in [0.4, 0.5) is 5.95 Å². The lowest BCUT2D eigenvalue weighted by Gasteiger charge is -2.07. The first kappa shape index (κ1) is 14.5. The molecule has 0 aliphatic carbocycles. The lowest BCUT2D eigenvalue weighted by atomic mass is 10.2. The normalized spacial score (nSPS) is 10.2. The maximum Gasteiger partial charge on any atom is 0.261 e. The summed E-state index contributed by atoms with van der Waals surface area (Å²) >= 11 is 11.8. The molecule has 0 saturated carbocycles. The molecule has 1 N–H and O–H groups in total. The average molecular weight is 313 g/mol. The lowest BCUT2D eigenvalue weighted by molar-refractivity contribution is 0.102. The van der Waals surface area contributed by atoms with Gasteiger partial charge in [0.1, 0.15) is 5.15 Å². The number of hydrogen-bond acceptors (Lipinski definition) is 5. The fourth-order valence-corrected chi connectivity index (χ4v) is 1.89. The van der Waals surface area contributed by atoms with E-state index in [-0.39, 0.29) is 22.5 Å². The van der Waals surface area contributed by atoms with Gasteiger partial charge in [0.25, 0.3) is 5.91 Å². The molecule has 2 aromatic heterocycles. The number of carbonyl (C=O) groups is 1. The molecule has 8 heteroatoms. The van der Waals surface area contributed by atoms with Gasteiger partial charge in [0.2, 0.25) is 11.8 Å². The SMILES string of the molecule is COc1cc(Cl)nc(NC(=O)c2cnc(C)cc2Cl)n1. The molecule has 0 unspecified atom stereocenters. The standard InChI is InChI=1S/C12H10Cl2N4O2/c1-6-3-8(13)7(5-15-6)11(19)18-12-16-9(14)4-10(17-12)20-2/h3-5H,1-2H3,(H,16,17,18,19). The molecule has 0 aromatic carbocycles. The van der Waals surface area contributed by atoms with E-state index in [0.717, 1.165) is 0 Å². The summed E-state index contributed by atoms with van der Waals surface area (Å²) in [7, 11) is 1.44. The maximum absolute atomic E-state index is 12.1. The van der Waals surface area contributed by atoms with Crippen molar-refractivity contribution in [3.63, 3.8) is 0 Å². The summed E-state index contributed by atoms with van der Waals surface area (Å²) in [5, 5.41) is 2.93. The van der Waals surface area contributed by atoms with Crippen molar-refractivity contribution < 1.29 is 9.53 Å². The van der Waals surface area contributed by atoms with Crippen LogP contribution in [-0.2, 0) is 0 Å². The molecule has 0 fully saturated rings. The number of halogens is 2. The fraction of sp³-hybridized carbons (Fsp3) is 0.167. The van der Waals surface area contributed by atoms with Crippen LogP contribution in [0.25, 0.3) is 0 Å². The molecule has 0 atom stereocenters. The molecule has 2 heterocycles. The van der Waals surface area contributed by atoms with Crippen molar-refractivity contribution in [1.82, 2.24) is 15.0 Å². The Kier molecular flexibility index (Phi) is 4.36. The van der Waals surface area contributed by atoms with Crippen LogP contribution in [0.5, 0.6) is 5.88 Å². The number of pyridine rings is 1. The van der Waals surface area contributed by atoms with Gasteiger partial charge in [-0.3, -0.25) is 15.1 Å². The predicted molar refractivity (Wildman–Crippen MR) is 75.5 cm³/mol. The van der Waals surface area contributed by atoms with Crippen molar-refractivity contribution in [1.29, 1.82) is 0 Å². The van der Waals surface area contributed by atoms with Gasteiger partial charge in [-0.15, -0.1) is 0 Å². The summed E-state index contributed by atoms with van der Waals surface area (Å²) in [6.07, 6.45) is 1.38. The number of hydrogen-bond donors (Lipinski definition) is 1. The quantitative estimate of drug-likeness (QED) is 0.882. The first-order valence-corrected chi connectivity index (χ1v) is 6.27. The predicted octanol–water partition coefficient (Wildman–Crippen LogP) is 2.75. The molecule has 0 spiro atoms. The maximum atomic E-state index is 12.1. The number of aromatic nitrogens is 3. The molecule has 1 amide bonds. The van der Waals surface area contributed by atoms with Gasteiger partial charge in [-0.2, -0.15) is 4.98 Å². The van der Waals surface area contributed by atoms with Gasteiger partial charge in [-0.25, -0.2) is 4.98 Å². The number of nitrogens with one attached hydrogen (secondary N) is 1. The number of methoxy groups -OCH3 is 1. The van der Waals surface area contributed by atoms with Crippen molar-refractivity contribution in [2.75, 3.05) is 12.4 Å². The number of anilines is 1. The van der Waals surface area contributed by atoms with Crippen molar-refractivity contribution in [3.05, 3.63) is 39.8 Å². The Morgan fingerprint density at radius 3 is 2.70 bits per heavy atom. The third-order valence-electron chi connectivity index (χ3n) is 2.34. The largest absolute Gasteiger partial charge is 0.481 e. The molecule has 2 rings (SSSR count). The van der Waals surface area contributed by atoms with E-state index in [0.29, 0.717) is 10.7 Å². The van der Waals surface area contributed by atoms with Crippen LogP contribution in [0.3, 0.4) is 0 Å². The zero-order valence-electron chi connectivity index (χ0n) is 10.6. The second-order valence-corrected chi connectivity index (χ2v) is 4.61. The first-order chi connectivity index (χ1) is 9.49. The Labute approximate surface area is 125 Å². The Morgan fingerprint density at radius 1 is 1.30 bits per heavy atom. The molecule has 0 aliphatic rings. The Bertz CT molecular complexity index is 664. The molecule has 0 saturated heterocycles. The molecule has 104 valence electrons. The monoisotopic (exact) mass is 312 g/mol. The molecule has 0 bridgehead atoms. The highest BCUT2D eigenvalue weighted by atomic mass is 35.5. The summed E-state index contributed by atoms with van der Waals surface area (Å²) in [5.74, 6) is -0.212. The average Bonchev–Trinajstić information content (AvgIpc) is 2.37. The van der Waals surface area contributed by atoms with Crippen LogP contribution in [0, 0.1) is 6.92 Å². The number of carbonyl (C=O) groups excluding carboxylic acids is 1. The van der Waals surface area contributed by atoms with Gasteiger partial charge in [0, 0.05) is 18.0 Å². The number of rotatable bonds is 3. The topological polar surface area (TPSA) is 77.0 Å². The Hall–Kier alpha value is -1.92. The molecular formula is C12H10Cl2N4O2. The van der Waals surface area contributed by atoms with E-state index >= 15 is 0 Å². The van der Waals surface area contributed by atoms with Crippen LogP contribution >= 0.6 is 23.2 Å². The van der Waals surface area contributed by atoms with Gasteiger partial charge < -0.3 is 4.74 Å². The smallest absolute Gasteiger partial charge is 0.261 e. The van der Waals surface area contributed by atoms with Crippen LogP contribution < -0.4 is 10.1 Å². The highest BCUT2D eigenvalue weighted by Crippen LogP contribution is 2.19. The highest BCUT2D eigenvalue weighted by molar-refractivity contribution is 6.34. The van der Waals surface area contributed by atoms with E-state index < -0.39 is 5.91 Å². The summed E-state index contributed by atoms with van der Waals surface area (Å²) in [6.45, 7) is 1.78. The lowest BCUT2D eigenvalue weighted by Crippen LogP contribution is -2.15. The molecular weight excluding hydrogens is 303 g/mol. The Morgan fingerprint density at radius 2 is 2.05 bits per heavy atom. The van der Waals surface area contributed by atoms with E-state index in [4.69, 9.17) is 27.9 Å². The number of aryl methyl sites for hydroxylation is 1. The van der Waals surface area contributed by atoms with Gasteiger partial charge in [-0.05, 0) is 13.0 Å². The molecule has 20 heavy (non-hydrogen) atoms. The first-order valence-electron chi connectivity index (χ1n) is 5.51. The minimum Gasteiger partial charge on any atom is -0.481 e. The van der Waals surface area contributed by atoms with Gasteiger partial charge >= 0.3 is 0 Å². The van der Waals surface area contributed by atoms with E-state index in [1.165, 1.54) is 19.4 Å². The van der Waals surface area contributed by atoms with Crippen molar-refractivity contribution in [2.24, 2.45) is 0 Å². The van der Waals surface area contributed by atoms with Crippen LogP contribution in [0.2, 0.25) is 10.2 Å². The van der Waals surface area contributed by atoms with E-state index in [1.54, 1.807) is 13.0 Å². The van der Waals surface area contributed by atoms with E-state index in [2.05, 4.69) is 20.3 Å². The third kappa shape index (κ3) is 3.34. The number of amides is 1. The summed E-state index contributed by atoms with van der Waals surface area (Å²) in [5.41, 5.74) is 0.937. The molecule has 0 radical (unpaired) electrons. The van der Waals surface area contributed by atoms with Crippen LogP contribution in [-0.4, -0.2) is 28.0 Å². The van der Waals surface area contributed by atoms with E-state index in [9.17, 15) is 4.79 Å². The summed E-state index contributed by atoms with van der Waals surface area (Å²) in [6, 6.07) is 3.02. The second-order valence-electron chi connectivity index (χ2n) is 3.82. The van der Waals surface area contributed by atoms with Gasteiger partial charge in [0.05, 0.1) is 17.7 Å². The summed E-state index contributed by atoms with van der Waals surface area (Å²) < 4.78 is 4.94. The minimum absolute atomic E-state index is 0.0241. The number of ether oxygens (including phenoxy) is 1. The minimum atomic E-state index is -0.480. The van der Waals surface area contributed by atoms with E-state index in [1.807, 2.05) is 0 Å². The molecule has 6 nitrogen and oxygen atoms in total. The molecule has 2 aromatic rings. The van der Waals surface area contributed by atoms with Crippen molar-refractivity contribution in [2.45, 2.75) is 6.92 Å². The Balaban J connectivity index is 2.25. The summed E-state index contributed by atoms with van der Waals surface area (Å²) in [4.78, 5) is 23.9. The van der Waals surface area contributed by atoms with Crippen molar-refractivity contribution >= 4 is 35.1 Å².